The number of benzene rings is 1. The van der Waals surface area contributed by atoms with Crippen LogP contribution in [-0.4, -0.2) is 28.7 Å². The molecule has 1 amide bonds. The molecular weight excluding hydrogens is 354 g/mol. The third-order valence-corrected chi connectivity index (χ3v) is 4.89. The Morgan fingerprint density at radius 3 is 2.85 bits per heavy atom. The summed E-state index contributed by atoms with van der Waals surface area (Å²) in [6.45, 7) is 4.27. The highest BCUT2D eigenvalue weighted by molar-refractivity contribution is 7.14. The van der Waals surface area contributed by atoms with Crippen molar-refractivity contribution < 1.29 is 14.3 Å². The Morgan fingerprint density at radius 1 is 1.35 bits per heavy atom. The molecule has 3 aromatic rings. The lowest BCUT2D eigenvalue weighted by Crippen LogP contribution is -2.34. The van der Waals surface area contributed by atoms with Crippen LogP contribution >= 0.6 is 11.5 Å². The summed E-state index contributed by atoms with van der Waals surface area (Å²) in [4.78, 5) is 29.5. The molecule has 0 aliphatic heterocycles. The van der Waals surface area contributed by atoms with Gasteiger partial charge < -0.3 is 14.8 Å². The molecule has 8 heteroatoms. The Labute approximate surface area is 154 Å². The molecule has 0 fully saturated rings. The van der Waals surface area contributed by atoms with Gasteiger partial charge in [0.2, 0.25) is 0 Å². The molecule has 0 radical (unpaired) electrons. The Bertz CT molecular complexity index is 996. The number of rotatable bonds is 5. The van der Waals surface area contributed by atoms with Gasteiger partial charge in [0.05, 0.1) is 25.1 Å². The van der Waals surface area contributed by atoms with Gasteiger partial charge in [0.15, 0.2) is 11.5 Å². The molecule has 0 saturated heterocycles. The summed E-state index contributed by atoms with van der Waals surface area (Å²) in [5.74, 6) is 1.23. The molecular formula is C18H19N3O4S. The maximum absolute atomic E-state index is 12.5. The normalized spacial score (nSPS) is 12.0. The number of amides is 1. The first-order chi connectivity index (χ1) is 12.5. The van der Waals surface area contributed by atoms with E-state index in [9.17, 15) is 9.59 Å². The molecule has 136 valence electrons. The summed E-state index contributed by atoms with van der Waals surface area (Å²) < 4.78 is 11.9. The minimum absolute atomic E-state index is 0.322. The second-order valence-corrected chi connectivity index (χ2v) is 6.50. The van der Waals surface area contributed by atoms with Gasteiger partial charge in [-0.15, -0.1) is 0 Å². The molecule has 2 aromatic heterocycles. The third kappa shape index (κ3) is 3.41. The first kappa shape index (κ1) is 17.9. The largest absolute Gasteiger partial charge is 0.493 e. The fraction of sp³-hybridized carbons (Fsp3) is 0.278. The molecule has 0 aliphatic rings. The average molecular weight is 373 g/mol. The molecule has 0 aliphatic carbocycles. The fourth-order valence-electron chi connectivity index (χ4n) is 2.55. The van der Waals surface area contributed by atoms with Crippen LogP contribution in [0.1, 0.15) is 25.5 Å². The molecule has 1 aromatic carbocycles. The number of methoxy groups -OCH3 is 1. The number of aromatic nitrogens is 2. The second kappa shape index (κ2) is 7.57. The van der Waals surface area contributed by atoms with Crippen molar-refractivity contribution in [3.8, 4) is 11.5 Å². The zero-order chi connectivity index (χ0) is 18.7. The molecule has 0 saturated carbocycles. The lowest BCUT2D eigenvalue weighted by Gasteiger charge is -2.16. The summed E-state index contributed by atoms with van der Waals surface area (Å²) in [6.07, 6.45) is 1.59. The maximum atomic E-state index is 12.5. The van der Waals surface area contributed by atoms with Crippen molar-refractivity contribution in [3.05, 3.63) is 52.4 Å². The number of nitrogens with zero attached hydrogens (tertiary/aromatic N) is 2. The number of ether oxygens (including phenoxy) is 2. The lowest BCUT2D eigenvalue weighted by molar-refractivity contribution is 0.241. The summed E-state index contributed by atoms with van der Waals surface area (Å²) in [7, 11) is 1.56. The van der Waals surface area contributed by atoms with Crippen molar-refractivity contribution in [2.24, 2.45) is 0 Å². The standard InChI is InChI=1S/C18H19N3O4S/c1-4-25-14-8-7-12(10-15(14)24-3)11(2)20-18(23)21-17(22)13-6-5-9-19-16(13)26-21/h5-11H,4H2,1-3H3,(H,20,23)/t11-/m1/s1. The summed E-state index contributed by atoms with van der Waals surface area (Å²) in [6, 6.07) is 7.99. The quantitative estimate of drug-likeness (QED) is 0.743. The van der Waals surface area contributed by atoms with Crippen molar-refractivity contribution >= 4 is 27.8 Å². The predicted molar refractivity (Wildman–Crippen MR) is 100 cm³/mol. The van der Waals surface area contributed by atoms with Gasteiger partial charge in [-0.2, -0.15) is 3.96 Å². The summed E-state index contributed by atoms with van der Waals surface area (Å²) in [5.41, 5.74) is 0.470. The van der Waals surface area contributed by atoms with E-state index in [0.29, 0.717) is 28.3 Å². The van der Waals surface area contributed by atoms with Crippen molar-refractivity contribution in [2.45, 2.75) is 19.9 Å². The van der Waals surface area contributed by atoms with Gasteiger partial charge in [0.25, 0.3) is 5.56 Å². The van der Waals surface area contributed by atoms with Crippen LogP contribution in [0.4, 0.5) is 4.79 Å². The second-order valence-electron chi connectivity index (χ2n) is 5.56. The van der Waals surface area contributed by atoms with E-state index in [0.717, 1.165) is 21.1 Å². The van der Waals surface area contributed by atoms with Crippen LogP contribution in [0.15, 0.2) is 41.3 Å². The Hall–Kier alpha value is -2.87. The number of pyridine rings is 1. The van der Waals surface area contributed by atoms with E-state index in [4.69, 9.17) is 9.47 Å². The van der Waals surface area contributed by atoms with E-state index in [1.165, 1.54) is 0 Å². The highest BCUT2D eigenvalue weighted by Gasteiger charge is 2.18. The van der Waals surface area contributed by atoms with Crippen molar-refractivity contribution in [1.82, 2.24) is 14.3 Å². The number of nitrogens with one attached hydrogen (secondary N) is 1. The molecule has 0 unspecified atom stereocenters. The predicted octanol–water partition coefficient (Wildman–Crippen LogP) is 3.18. The molecule has 0 bridgehead atoms. The van der Waals surface area contributed by atoms with Crippen LogP contribution < -0.4 is 20.3 Å². The highest BCUT2D eigenvalue weighted by atomic mass is 32.1. The monoisotopic (exact) mass is 373 g/mol. The van der Waals surface area contributed by atoms with Crippen LogP contribution in [0.5, 0.6) is 11.5 Å². The Morgan fingerprint density at radius 2 is 2.15 bits per heavy atom. The van der Waals surface area contributed by atoms with Gasteiger partial charge in [-0.25, -0.2) is 9.78 Å². The van der Waals surface area contributed by atoms with Gasteiger partial charge in [-0.05, 0) is 55.2 Å². The number of hydrogen-bond donors (Lipinski definition) is 1. The average Bonchev–Trinajstić information content (AvgIpc) is 2.99. The molecule has 1 atom stereocenters. The molecule has 0 spiro atoms. The Kier molecular flexibility index (Phi) is 5.22. The van der Waals surface area contributed by atoms with E-state index in [1.807, 2.05) is 26.0 Å². The summed E-state index contributed by atoms with van der Waals surface area (Å²) >= 11 is 1.02. The smallest absolute Gasteiger partial charge is 0.338 e. The van der Waals surface area contributed by atoms with Gasteiger partial charge in [0, 0.05) is 6.20 Å². The van der Waals surface area contributed by atoms with E-state index in [-0.39, 0.29) is 11.6 Å². The van der Waals surface area contributed by atoms with Crippen LogP contribution in [0.2, 0.25) is 0 Å². The summed E-state index contributed by atoms with van der Waals surface area (Å²) in [5, 5.41) is 3.26. The number of hydrogen-bond acceptors (Lipinski definition) is 6. The minimum Gasteiger partial charge on any atom is -0.493 e. The number of carbonyl (C=O) groups is 1. The minimum atomic E-state index is -0.488. The van der Waals surface area contributed by atoms with Crippen LogP contribution in [0.3, 0.4) is 0 Å². The number of carbonyl (C=O) groups excluding carboxylic acids is 1. The molecule has 7 nitrogen and oxygen atoms in total. The van der Waals surface area contributed by atoms with Crippen LogP contribution in [-0.2, 0) is 0 Å². The Balaban J connectivity index is 1.82. The maximum Gasteiger partial charge on any atom is 0.338 e. The fourth-order valence-corrected chi connectivity index (χ4v) is 3.40. The van der Waals surface area contributed by atoms with E-state index >= 15 is 0 Å². The van der Waals surface area contributed by atoms with Gasteiger partial charge in [-0.3, -0.25) is 4.79 Å². The molecule has 2 heterocycles. The first-order valence-corrected chi connectivity index (χ1v) is 8.91. The van der Waals surface area contributed by atoms with Crippen LogP contribution in [0.25, 0.3) is 10.2 Å². The molecule has 26 heavy (non-hydrogen) atoms. The van der Waals surface area contributed by atoms with Gasteiger partial charge in [0.1, 0.15) is 4.83 Å². The van der Waals surface area contributed by atoms with Crippen molar-refractivity contribution in [1.29, 1.82) is 0 Å². The zero-order valence-electron chi connectivity index (χ0n) is 14.7. The SMILES string of the molecule is CCOc1ccc([C@@H](C)NC(=O)n2sc3ncccc3c2=O)cc1OC. The molecule has 3 rings (SSSR count). The molecule has 1 N–H and O–H groups in total. The van der Waals surface area contributed by atoms with E-state index < -0.39 is 6.03 Å². The zero-order valence-corrected chi connectivity index (χ0v) is 15.5. The van der Waals surface area contributed by atoms with Gasteiger partial charge >= 0.3 is 6.03 Å². The highest BCUT2D eigenvalue weighted by Crippen LogP contribution is 2.30. The topological polar surface area (TPSA) is 82.5 Å². The van der Waals surface area contributed by atoms with Crippen molar-refractivity contribution in [3.63, 3.8) is 0 Å². The third-order valence-electron chi connectivity index (χ3n) is 3.88. The van der Waals surface area contributed by atoms with Crippen LogP contribution in [0, 0.1) is 0 Å². The van der Waals surface area contributed by atoms with E-state index in [2.05, 4.69) is 10.3 Å². The van der Waals surface area contributed by atoms with Gasteiger partial charge in [-0.1, -0.05) is 6.07 Å². The number of fused-ring (bicyclic) bond motifs is 1. The first-order valence-electron chi connectivity index (χ1n) is 8.13. The lowest BCUT2D eigenvalue weighted by atomic mass is 10.1. The van der Waals surface area contributed by atoms with Crippen molar-refractivity contribution in [2.75, 3.05) is 13.7 Å². The van der Waals surface area contributed by atoms with E-state index in [1.54, 1.807) is 31.5 Å².